The van der Waals surface area contributed by atoms with Gasteiger partial charge in [-0.2, -0.15) is 0 Å². The van der Waals surface area contributed by atoms with Crippen LogP contribution in [0.25, 0.3) is 0 Å². The lowest BCUT2D eigenvalue weighted by Gasteiger charge is -2.39. The first-order valence-electron chi connectivity index (χ1n) is 36.1. The molecule has 103 heavy (non-hydrogen) atoms. The molecular formula is C77H116N12O14. The van der Waals surface area contributed by atoms with Gasteiger partial charge in [-0.15, -0.1) is 0 Å². The van der Waals surface area contributed by atoms with Crippen molar-refractivity contribution in [3.8, 4) is 0 Å². The SMILES string of the molecule is CC(C)C[C@@H]1NC(=O)[C@H](Cc2ccccc2)N(C)C(=O)[C@H](COC(C)(C)C)NC(=O)[C@H](Cc2ccccc2)N(C)C(=O)[C@H](C)N(C)C(=O)[C@H](CC(C)C)N(C)C(=O)[C@@H](C)NC(=O)C[C@@H](C(=O)N2CCCCC2)N(C)C(=O)[C@H](Cc2ccccc2)N(C)C(=O)[C@H]([C@@H](C)O)NC(=O)[C@H](C(C)C)N(C)C1=O. The van der Waals surface area contributed by atoms with Gasteiger partial charge < -0.3 is 70.3 Å². The first-order valence-corrected chi connectivity index (χ1v) is 36.1. The van der Waals surface area contributed by atoms with E-state index >= 15 is 43.2 Å². The molecule has 3 aromatic rings. The van der Waals surface area contributed by atoms with Crippen molar-refractivity contribution in [2.24, 2.45) is 17.8 Å². The summed E-state index contributed by atoms with van der Waals surface area (Å²) in [6.07, 6.45) is -0.255. The molecule has 0 unspecified atom stereocenters. The molecule has 0 aliphatic carbocycles. The number of likely N-dealkylation sites (tertiary alicyclic amines) is 1. The van der Waals surface area contributed by atoms with Crippen molar-refractivity contribution >= 4 is 70.9 Å². The number of amides is 12. The third-order valence-corrected chi connectivity index (χ3v) is 19.5. The molecule has 26 heteroatoms. The molecule has 2 saturated heterocycles. The lowest BCUT2D eigenvalue weighted by atomic mass is 9.96. The molecule has 0 aromatic heterocycles. The van der Waals surface area contributed by atoms with E-state index < -0.39 is 168 Å². The summed E-state index contributed by atoms with van der Waals surface area (Å²) in [5, 5.41) is 22.7. The summed E-state index contributed by atoms with van der Waals surface area (Å²) in [7, 11) is 9.68. The Bertz CT molecular complexity index is 3380. The summed E-state index contributed by atoms with van der Waals surface area (Å²) in [6.45, 7) is 20.5. The predicted octanol–water partition coefficient (Wildman–Crippen LogP) is 3.84. The zero-order valence-corrected chi connectivity index (χ0v) is 64.1. The van der Waals surface area contributed by atoms with Crippen LogP contribution in [0.5, 0.6) is 0 Å². The number of benzene rings is 3. The Morgan fingerprint density at radius 1 is 0.476 bits per heavy atom. The summed E-state index contributed by atoms with van der Waals surface area (Å²) in [6, 6.07) is 11.0. The minimum atomic E-state index is -1.74. The van der Waals surface area contributed by atoms with Crippen LogP contribution in [0.1, 0.15) is 138 Å². The normalized spacial score (nSPS) is 25.5. The van der Waals surface area contributed by atoms with Gasteiger partial charge in [-0.3, -0.25) is 57.5 Å². The Labute approximate surface area is 609 Å². The summed E-state index contributed by atoms with van der Waals surface area (Å²) in [5.74, 6) is -10.1. The van der Waals surface area contributed by atoms with Crippen LogP contribution in [-0.4, -0.2) is 262 Å². The van der Waals surface area contributed by atoms with Crippen LogP contribution in [0.15, 0.2) is 91.0 Å². The van der Waals surface area contributed by atoms with Crippen LogP contribution in [0.2, 0.25) is 0 Å². The zero-order chi connectivity index (χ0) is 77.1. The molecule has 2 heterocycles. The maximum atomic E-state index is 15.5. The van der Waals surface area contributed by atoms with E-state index in [2.05, 4.69) is 21.3 Å². The number of piperidine rings is 1. The van der Waals surface area contributed by atoms with E-state index in [1.54, 1.807) is 131 Å². The second-order valence-corrected chi connectivity index (χ2v) is 30.1. The lowest BCUT2D eigenvalue weighted by Crippen LogP contribution is -2.63. The van der Waals surface area contributed by atoms with E-state index in [0.29, 0.717) is 42.6 Å². The molecule has 3 aromatic carbocycles. The van der Waals surface area contributed by atoms with Gasteiger partial charge in [-0.1, -0.05) is 133 Å². The van der Waals surface area contributed by atoms with Crippen LogP contribution in [0, 0.1) is 17.8 Å². The average Bonchev–Trinajstić information content (AvgIpc) is 0.813. The van der Waals surface area contributed by atoms with Crippen LogP contribution < -0.4 is 21.3 Å². The number of nitrogens with one attached hydrogen (secondary N) is 4. The molecule has 0 spiro atoms. The molecule has 5 N–H and O–H groups in total. The van der Waals surface area contributed by atoms with Crippen molar-refractivity contribution in [1.82, 2.24) is 60.5 Å². The second kappa shape index (κ2) is 38.7. The van der Waals surface area contributed by atoms with Crippen LogP contribution in [0.4, 0.5) is 0 Å². The largest absolute Gasteiger partial charge is 0.391 e. The molecule has 568 valence electrons. The lowest BCUT2D eigenvalue weighted by molar-refractivity contribution is -0.154. The number of carbonyl (C=O) groups excluding carboxylic acids is 12. The van der Waals surface area contributed by atoms with E-state index in [1.807, 2.05) is 27.7 Å². The van der Waals surface area contributed by atoms with E-state index in [9.17, 15) is 19.5 Å². The molecule has 5 rings (SSSR count). The fourth-order valence-corrected chi connectivity index (χ4v) is 13.2. The van der Waals surface area contributed by atoms with Crippen molar-refractivity contribution in [3.05, 3.63) is 108 Å². The van der Waals surface area contributed by atoms with Gasteiger partial charge in [0.2, 0.25) is 70.9 Å². The van der Waals surface area contributed by atoms with E-state index in [4.69, 9.17) is 4.74 Å². The number of nitrogens with zero attached hydrogens (tertiary/aromatic N) is 8. The number of aliphatic hydroxyl groups excluding tert-OH is 1. The standard InChI is InChI=1S/C77H116N12O14/c1-47(2)40-56-71(97)88(19)65(49(5)6)68(94)81-64(52(9)90)76(102)87(18)61(44-55-36-28-22-29-37-55)74(100)86(17)62(75(101)89-38-30-23-31-39-89)45-63(91)78-50(7)69(95)85(16)60(41-48(3)4)73(99)82(13)51(8)70(96)83(14)58(42-53-32-24-20-25-33-53)67(93)80-57(46-103-77(10,11)12)72(98)84(15)59(66(92)79-56)43-54-34-26-21-27-35-54/h20-22,24-29,32-37,47-52,56-62,64-65,90H,23,30-31,38-46H2,1-19H3,(H,78,91)(H,79,92)(H,80,93)(H,81,94)/t50-,51+,52-,56+,57+,58+,59+,60+,61+,62+,64+,65+/m1/s1. The highest BCUT2D eigenvalue weighted by atomic mass is 16.5. The summed E-state index contributed by atoms with van der Waals surface area (Å²) < 4.78 is 6.24. The van der Waals surface area contributed by atoms with Gasteiger partial charge in [0.15, 0.2) is 0 Å². The Kier molecular flexibility index (Phi) is 31.8. The Morgan fingerprint density at radius 3 is 1.36 bits per heavy atom. The molecule has 12 atom stereocenters. The van der Waals surface area contributed by atoms with Gasteiger partial charge in [0.25, 0.3) is 0 Å². The maximum absolute atomic E-state index is 15.5. The van der Waals surface area contributed by atoms with Crippen LogP contribution >= 0.6 is 0 Å². The Morgan fingerprint density at radius 2 is 0.903 bits per heavy atom. The van der Waals surface area contributed by atoms with Gasteiger partial charge in [0.05, 0.1) is 24.7 Å². The minimum Gasteiger partial charge on any atom is -0.391 e. The third-order valence-electron chi connectivity index (χ3n) is 19.5. The molecular weight excluding hydrogens is 1320 g/mol. The van der Waals surface area contributed by atoms with Crippen LogP contribution in [-0.2, 0) is 81.5 Å². The molecule has 0 saturated carbocycles. The second-order valence-electron chi connectivity index (χ2n) is 30.1. The topological polar surface area (TPSA) is 308 Å². The van der Waals surface area contributed by atoms with Crippen molar-refractivity contribution < 1.29 is 67.4 Å². The molecule has 2 fully saturated rings. The number of likely N-dealkylation sites (N-methyl/N-ethyl adjacent to an activating group) is 7. The minimum absolute atomic E-state index is 0.0428. The monoisotopic (exact) mass is 1430 g/mol. The predicted molar refractivity (Wildman–Crippen MR) is 392 cm³/mol. The molecule has 26 nitrogen and oxygen atoms in total. The molecule has 12 amide bonds. The average molecular weight is 1430 g/mol. The van der Waals surface area contributed by atoms with Gasteiger partial charge in [0.1, 0.15) is 66.5 Å². The van der Waals surface area contributed by atoms with Crippen molar-refractivity contribution in [1.29, 1.82) is 0 Å². The number of rotatable bonds is 15. The fraction of sp³-hybridized carbons (Fsp3) is 0.610. The highest BCUT2D eigenvalue weighted by molar-refractivity contribution is 6.00. The van der Waals surface area contributed by atoms with E-state index in [-0.39, 0.29) is 43.9 Å². The van der Waals surface area contributed by atoms with Gasteiger partial charge in [-0.25, -0.2) is 0 Å². The Hall–Kier alpha value is -8.78. The van der Waals surface area contributed by atoms with Gasteiger partial charge in [-0.05, 0) is 108 Å². The quantitative estimate of drug-likeness (QED) is 0.145. The highest BCUT2D eigenvalue weighted by Crippen LogP contribution is 2.24. The molecule has 0 bridgehead atoms. The number of aliphatic hydroxyl groups is 1. The smallest absolute Gasteiger partial charge is 0.248 e. The molecule has 0 radical (unpaired) electrons. The zero-order valence-electron chi connectivity index (χ0n) is 64.1. The molecule has 2 aliphatic heterocycles. The van der Waals surface area contributed by atoms with Gasteiger partial charge in [0, 0.05) is 81.7 Å². The molecule has 2 aliphatic rings. The Balaban J connectivity index is 1.72. The summed E-state index contributed by atoms with van der Waals surface area (Å²) >= 11 is 0. The first-order chi connectivity index (χ1) is 48.3. The van der Waals surface area contributed by atoms with Crippen molar-refractivity contribution in [2.45, 2.75) is 219 Å². The highest BCUT2D eigenvalue weighted by Gasteiger charge is 2.45. The fourth-order valence-electron chi connectivity index (χ4n) is 13.2. The number of hydrogen-bond acceptors (Lipinski definition) is 14. The van der Waals surface area contributed by atoms with Crippen molar-refractivity contribution in [3.63, 3.8) is 0 Å². The summed E-state index contributed by atoms with van der Waals surface area (Å²) in [5.41, 5.74) is 0.981. The first kappa shape index (κ1) is 84.9. The van der Waals surface area contributed by atoms with Crippen molar-refractivity contribution in [2.75, 3.05) is 69.0 Å². The number of ether oxygens (including phenoxy) is 1. The summed E-state index contributed by atoms with van der Waals surface area (Å²) in [4.78, 5) is 191. The van der Waals surface area contributed by atoms with E-state index in [0.717, 1.165) is 21.1 Å². The maximum Gasteiger partial charge on any atom is 0.248 e. The van der Waals surface area contributed by atoms with Crippen LogP contribution in [0.3, 0.4) is 0 Å². The van der Waals surface area contributed by atoms with Gasteiger partial charge >= 0.3 is 0 Å². The number of hydrogen-bond donors (Lipinski definition) is 5. The van der Waals surface area contributed by atoms with E-state index in [1.165, 1.54) is 89.7 Å². The third kappa shape index (κ3) is 23.6. The number of carbonyl (C=O) groups is 12.